The lowest BCUT2D eigenvalue weighted by Crippen LogP contribution is -2.31. The molecule has 0 bridgehead atoms. The number of carbonyl (C=O) groups is 2. The molecule has 140 valence electrons. The zero-order chi connectivity index (χ0) is 19.6. The molecule has 0 radical (unpaired) electrons. The smallest absolute Gasteiger partial charge is 0.337 e. The van der Waals surface area contributed by atoms with Gasteiger partial charge in [0, 0.05) is 22.0 Å². The summed E-state index contributed by atoms with van der Waals surface area (Å²) < 4.78 is 2.15. The Labute approximate surface area is 166 Å². The Balaban J connectivity index is 1.99. The van der Waals surface area contributed by atoms with Crippen molar-refractivity contribution in [1.29, 1.82) is 0 Å². The molecule has 0 aliphatic carbocycles. The number of fused-ring (bicyclic) bond motifs is 1. The molecule has 0 aliphatic heterocycles. The molecule has 2 heterocycles. The van der Waals surface area contributed by atoms with Crippen LogP contribution in [0.1, 0.15) is 29.5 Å². The molecule has 27 heavy (non-hydrogen) atoms. The zero-order valence-electron chi connectivity index (χ0n) is 14.4. The molecule has 1 aromatic carbocycles. The number of nitrogens with one attached hydrogen (secondary N) is 1. The lowest BCUT2D eigenvalue weighted by molar-refractivity contribution is -0.116. The lowest BCUT2D eigenvalue weighted by atomic mass is 10.2. The van der Waals surface area contributed by atoms with E-state index in [0.29, 0.717) is 22.8 Å². The number of aromatic carboxylic acids is 1. The van der Waals surface area contributed by atoms with E-state index in [2.05, 4.69) is 26.2 Å². The molecular formula is C18H16BrN3O4S. The second-order valence-electron chi connectivity index (χ2n) is 5.86. The van der Waals surface area contributed by atoms with E-state index >= 15 is 0 Å². The molecule has 0 saturated heterocycles. The summed E-state index contributed by atoms with van der Waals surface area (Å²) >= 11 is 4.44. The van der Waals surface area contributed by atoms with Gasteiger partial charge in [0.05, 0.1) is 10.9 Å². The third-order valence-electron chi connectivity index (χ3n) is 3.91. The van der Waals surface area contributed by atoms with Crippen molar-refractivity contribution >= 4 is 55.0 Å². The number of rotatable bonds is 6. The Hall–Kier alpha value is -2.52. The standard InChI is InChI=1S/C18H16BrN3O4S/c1-2-3-13-21-16-15(12(9-27-16)18(25)26)17(24)22(13)8-14(23)20-11-6-4-10(19)5-7-11/h4-7,9H,2-3,8H2,1H3,(H,20,23)(H,25,26). The van der Waals surface area contributed by atoms with Gasteiger partial charge in [0.15, 0.2) is 0 Å². The van der Waals surface area contributed by atoms with Gasteiger partial charge in [0.2, 0.25) is 5.91 Å². The predicted octanol–water partition coefficient (Wildman–Crippen LogP) is 3.51. The van der Waals surface area contributed by atoms with E-state index < -0.39 is 11.5 Å². The Morgan fingerprint density at radius 2 is 2.00 bits per heavy atom. The van der Waals surface area contributed by atoms with Gasteiger partial charge in [0.25, 0.3) is 5.56 Å². The number of carbonyl (C=O) groups excluding carboxylic acids is 1. The highest BCUT2D eigenvalue weighted by Crippen LogP contribution is 2.22. The molecule has 0 atom stereocenters. The van der Waals surface area contributed by atoms with Crippen LogP contribution in [0.25, 0.3) is 10.2 Å². The van der Waals surface area contributed by atoms with Crippen LogP contribution >= 0.6 is 27.3 Å². The summed E-state index contributed by atoms with van der Waals surface area (Å²) in [6.07, 6.45) is 1.25. The monoisotopic (exact) mass is 449 g/mol. The van der Waals surface area contributed by atoms with E-state index in [9.17, 15) is 19.5 Å². The number of aromatic nitrogens is 2. The Morgan fingerprint density at radius 1 is 1.30 bits per heavy atom. The SMILES string of the molecule is CCCc1nc2scc(C(=O)O)c2c(=O)n1CC(=O)Nc1ccc(Br)cc1. The minimum absolute atomic E-state index is 0.0452. The summed E-state index contributed by atoms with van der Waals surface area (Å²) in [5, 5.41) is 13.5. The maximum atomic E-state index is 12.9. The van der Waals surface area contributed by atoms with Gasteiger partial charge in [-0.05, 0) is 30.7 Å². The summed E-state index contributed by atoms with van der Waals surface area (Å²) in [4.78, 5) is 41.6. The second-order valence-corrected chi connectivity index (χ2v) is 7.63. The molecule has 0 unspecified atom stereocenters. The van der Waals surface area contributed by atoms with E-state index in [0.717, 1.165) is 22.2 Å². The van der Waals surface area contributed by atoms with E-state index in [1.165, 1.54) is 9.95 Å². The van der Waals surface area contributed by atoms with Crippen LogP contribution < -0.4 is 10.9 Å². The van der Waals surface area contributed by atoms with Gasteiger partial charge >= 0.3 is 5.97 Å². The molecule has 1 amide bonds. The van der Waals surface area contributed by atoms with Crippen LogP contribution in [0.3, 0.4) is 0 Å². The van der Waals surface area contributed by atoms with Crippen molar-refractivity contribution in [2.75, 3.05) is 5.32 Å². The molecule has 3 rings (SSSR count). The van der Waals surface area contributed by atoms with Crippen LogP contribution in [-0.4, -0.2) is 26.5 Å². The van der Waals surface area contributed by atoms with Crippen LogP contribution in [0.2, 0.25) is 0 Å². The van der Waals surface area contributed by atoms with Crippen molar-refractivity contribution in [3.63, 3.8) is 0 Å². The fourth-order valence-electron chi connectivity index (χ4n) is 2.68. The summed E-state index contributed by atoms with van der Waals surface area (Å²) in [7, 11) is 0. The van der Waals surface area contributed by atoms with Gasteiger partial charge < -0.3 is 10.4 Å². The quantitative estimate of drug-likeness (QED) is 0.599. The summed E-state index contributed by atoms with van der Waals surface area (Å²) in [6.45, 7) is 1.71. The molecule has 2 aromatic heterocycles. The van der Waals surface area contributed by atoms with Gasteiger partial charge in [-0.1, -0.05) is 22.9 Å². The number of hydrogen-bond donors (Lipinski definition) is 2. The minimum atomic E-state index is -1.19. The van der Waals surface area contributed by atoms with Crippen LogP contribution in [-0.2, 0) is 17.8 Å². The number of aryl methyl sites for hydroxylation is 1. The number of carboxylic acids is 1. The molecule has 0 fully saturated rings. The third-order valence-corrected chi connectivity index (χ3v) is 5.31. The normalized spacial score (nSPS) is 10.9. The van der Waals surface area contributed by atoms with Crippen molar-refractivity contribution in [3.05, 3.63) is 55.9 Å². The van der Waals surface area contributed by atoms with E-state index in [4.69, 9.17) is 0 Å². The number of halogens is 1. The van der Waals surface area contributed by atoms with Gasteiger partial charge in [-0.3, -0.25) is 14.2 Å². The Morgan fingerprint density at radius 3 is 2.63 bits per heavy atom. The zero-order valence-corrected chi connectivity index (χ0v) is 16.8. The van der Waals surface area contributed by atoms with Crippen molar-refractivity contribution in [2.24, 2.45) is 0 Å². The van der Waals surface area contributed by atoms with E-state index in [1.807, 2.05) is 6.92 Å². The third kappa shape index (κ3) is 4.09. The fraction of sp³-hybridized carbons (Fsp3) is 0.222. The number of hydrogen-bond acceptors (Lipinski definition) is 5. The van der Waals surface area contributed by atoms with Crippen molar-refractivity contribution in [2.45, 2.75) is 26.3 Å². The maximum Gasteiger partial charge on any atom is 0.337 e. The van der Waals surface area contributed by atoms with Crippen LogP contribution in [0.4, 0.5) is 5.69 Å². The Bertz CT molecular complexity index is 1070. The lowest BCUT2D eigenvalue weighted by Gasteiger charge is -2.12. The van der Waals surface area contributed by atoms with E-state index in [1.54, 1.807) is 24.3 Å². The maximum absolute atomic E-state index is 12.9. The minimum Gasteiger partial charge on any atom is -0.478 e. The van der Waals surface area contributed by atoms with Crippen molar-refractivity contribution in [1.82, 2.24) is 9.55 Å². The highest BCUT2D eigenvalue weighted by Gasteiger charge is 2.20. The molecule has 0 spiro atoms. The highest BCUT2D eigenvalue weighted by atomic mass is 79.9. The predicted molar refractivity (Wildman–Crippen MR) is 108 cm³/mol. The summed E-state index contributed by atoms with van der Waals surface area (Å²) in [5.74, 6) is -1.10. The number of anilines is 1. The molecule has 2 N–H and O–H groups in total. The van der Waals surface area contributed by atoms with Gasteiger partial charge in [-0.2, -0.15) is 0 Å². The number of amides is 1. The topological polar surface area (TPSA) is 101 Å². The first kappa shape index (κ1) is 19.2. The van der Waals surface area contributed by atoms with Crippen molar-refractivity contribution < 1.29 is 14.7 Å². The van der Waals surface area contributed by atoms with Crippen molar-refractivity contribution in [3.8, 4) is 0 Å². The van der Waals surface area contributed by atoms with Crippen LogP contribution in [0.5, 0.6) is 0 Å². The van der Waals surface area contributed by atoms with Crippen LogP contribution in [0, 0.1) is 0 Å². The Kier molecular flexibility index (Phi) is 5.71. The molecule has 0 aliphatic rings. The molecule has 3 aromatic rings. The first-order chi connectivity index (χ1) is 12.9. The van der Waals surface area contributed by atoms with Gasteiger partial charge in [0.1, 0.15) is 17.2 Å². The molecular weight excluding hydrogens is 434 g/mol. The first-order valence-corrected chi connectivity index (χ1v) is 9.87. The molecule has 9 heteroatoms. The van der Waals surface area contributed by atoms with Gasteiger partial charge in [-0.25, -0.2) is 9.78 Å². The first-order valence-electron chi connectivity index (χ1n) is 8.20. The highest BCUT2D eigenvalue weighted by molar-refractivity contribution is 9.10. The van der Waals surface area contributed by atoms with E-state index in [-0.39, 0.29) is 23.4 Å². The van der Waals surface area contributed by atoms with Gasteiger partial charge in [-0.15, -0.1) is 11.3 Å². The number of carboxylic acid groups (broad SMARTS) is 1. The molecule has 0 saturated carbocycles. The number of nitrogens with zero attached hydrogens (tertiary/aromatic N) is 2. The average Bonchev–Trinajstić information content (AvgIpc) is 3.05. The largest absolute Gasteiger partial charge is 0.478 e. The second kappa shape index (κ2) is 8.01. The summed E-state index contributed by atoms with van der Waals surface area (Å²) in [5.41, 5.74) is 0.00904. The number of thiophene rings is 1. The van der Waals surface area contributed by atoms with Crippen LogP contribution in [0.15, 0.2) is 38.9 Å². The average molecular weight is 450 g/mol. The number of benzene rings is 1. The molecule has 7 nitrogen and oxygen atoms in total. The fourth-order valence-corrected chi connectivity index (χ4v) is 3.86. The summed E-state index contributed by atoms with van der Waals surface area (Å²) in [6, 6.07) is 7.06.